The quantitative estimate of drug-likeness (QED) is 0.770. The Morgan fingerprint density at radius 3 is 1.53 bits per heavy atom. The number of benzene rings is 2. The first-order chi connectivity index (χ1) is 8.35. The molecule has 17 heavy (non-hydrogen) atoms. The predicted octanol–water partition coefficient (Wildman–Crippen LogP) is 3.46. The topological polar surface area (TPSA) is 34.1 Å². The number of aldehydes is 2. The molecular formula is C14H10O2S. The van der Waals surface area contributed by atoms with Gasteiger partial charge in [-0.25, -0.2) is 0 Å². The molecule has 2 aromatic carbocycles. The van der Waals surface area contributed by atoms with Gasteiger partial charge in [-0.3, -0.25) is 9.59 Å². The molecule has 0 saturated carbocycles. The van der Waals surface area contributed by atoms with E-state index < -0.39 is 0 Å². The molecule has 3 heteroatoms. The third kappa shape index (κ3) is 2.63. The van der Waals surface area contributed by atoms with Crippen molar-refractivity contribution in [3.05, 3.63) is 59.7 Å². The molecule has 0 aromatic heterocycles. The van der Waals surface area contributed by atoms with Crippen LogP contribution < -0.4 is 0 Å². The molecule has 2 nitrogen and oxygen atoms in total. The summed E-state index contributed by atoms with van der Waals surface area (Å²) in [6, 6.07) is 14.7. The lowest BCUT2D eigenvalue weighted by Crippen LogP contribution is -1.87. The molecule has 0 aliphatic heterocycles. The largest absolute Gasteiger partial charge is 0.298 e. The molecule has 84 valence electrons. The van der Waals surface area contributed by atoms with Gasteiger partial charge in [0.1, 0.15) is 0 Å². The molecule has 0 amide bonds. The molecule has 0 heterocycles. The minimum atomic E-state index is 0.637. The maximum Gasteiger partial charge on any atom is 0.151 e. The second-order valence-electron chi connectivity index (χ2n) is 3.41. The smallest absolute Gasteiger partial charge is 0.151 e. The predicted molar refractivity (Wildman–Crippen MR) is 67.8 cm³/mol. The third-order valence-corrected chi connectivity index (χ3v) is 3.50. The fourth-order valence-electron chi connectivity index (χ4n) is 1.46. The van der Waals surface area contributed by atoms with Crippen LogP contribution in [0.25, 0.3) is 0 Å². The highest BCUT2D eigenvalue weighted by Gasteiger charge is 2.06. The van der Waals surface area contributed by atoms with Crippen LogP contribution in [-0.2, 0) is 0 Å². The molecule has 0 fully saturated rings. The summed E-state index contributed by atoms with van der Waals surface area (Å²) in [6.45, 7) is 0. The van der Waals surface area contributed by atoms with Crippen molar-refractivity contribution in [2.75, 3.05) is 0 Å². The summed E-state index contributed by atoms with van der Waals surface area (Å²) in [5.41, 5.74) is 1.27. The SMILES string of the molecule is O=Cc1ccccc1Sc1ccccc1C=O. The van der Waals surface area contributed by atoms with E-state index in [4.69, 9.17) is 0 Å². The van der Waals surface area contributed by atoms with Crippen LogP contribution in [0, 0.1) is 0 Å². The number of carbonyl (C=O) groups is 2. The lowest BCUT2D eigenvalue weighted by atomic mass is 10.2. The highest BCUT2D eigenvalue weighted by Crippen LogP contribution is 2.31. The summed E-state index contributed by atoms with van der Waals surface area (Å²) in [6.07, 6.45) is 1.65. The standard InChI is InChI=1S/C14H10O2S/c15-9-11-5-1-3-7-13(11)17-14-8-4-2-6-12(14)10-16/h1-10H. The normalized spacial score (nSPS) is 9.88. The molecule has 0 bridgehead atoms. The Morgan fingerprint density at radius 2 is 1.12 bits per heavy atom. The Bertz CT molecular complexity index is 500. The summed E-state index contributed by atoms with van der Waals surface area (Å²) in [5, 5.41) is 0. The number of carbonyl (C=O) groups excluding carboxylic acids is 2. The maximum atomic E-state index is 10.9. The van der Waals surface area contributed by atoms with Crippen molar-refractivity contribution in [3.8, 4) is 0 Å². The van der Waals surface area contributed by atoms with E-state index in [0.29, 0.717) is 11.1 Å². The fraction of sp³-hybridized carbons (Fsp3) is 0. The molecule has 0 radical (unpaired) electrons. The van der Waals surface area contributed by atoms with Crippen molar-refractivity contribution in [1.82, 2.24) is 0 Å². The van der Waals surface area contributed by atoms with Crippen molar-refractivity contribution in [1.29, 1.82) is 0 Å². The number of rotatable bonds is 4. The summed E-state index contributed by atoms with van der Waals surface area (Å²) in [7, 11) is 0. The summed E-state index contributed by atoms with van der Waals surface area (Å²) in [4.78, 5) is 23.5. The van der Waals surface area contributed by atoms with Crippen molar-refractivity contribution in [3.63, 3.8) is 0 Å². The van der Waals surface area contributed by atoms with E-state index in [1.165, 1.54) is 11.8 Å². The van der Waals surface area contributed by atoms with Crippen LogP contribution in [0.5, 0.6) is 0 Å². The van der Waals surface area contributed by atoms with Crippen molar-refractivity contribution < 1.29 is 9.59 Å². The van der Waals surface area contributed by atoms with Crippen LogP contribution in [0.2, 0.25) is 0 Å². The van der Waals surface area contributed by atoms with Gasteiger partial charge >= 0.3 is 0 Å². The average Bonchev–Trinajstić information content (AvgIpc) is 2.40. The van der Waals surface area contributed by atoms with E-state index in [-0.39, 0.29) is 0 Å². The van der Waals surface area contributed by atoms with Gasteiger partial charge in [0.25, 0.3) is 0 Å². The van der Waals surface area contributed by atoms with E-state index in [2.05, 4.69) is 0 Å². The Morgan fingerprint density at radius 1 is 0.706 bits per heavy atom. The molecule has 0 unspecified atom stereocenters. The minimum Gasteiger partial charge on any atom is -0.298 e. The van der Waals surface area contributed by atoms with E-state index in [1.807, 2.05) is 36.4 Å². The zero-order valence-corrected chi connectivity index (χ0v) is 9.81. The van der Waals surface area contributed by atoms with Gasteiger partial charge in [-0.15, -0.1) is 0 Å². The Kier molecular flexibility index (Phi) is 3.73. The molecule has 0 N–H and O–H groups in total. The zero-order valence-electron chi connectivity index (χ0n) is 9.00. The molecule has 0 aliphatic carbocycles. The van der Waals surface area contributed by atoms with Crippen LogP contribution in [0.3, 0.4) is 0 Å². The molecule has 2 rings (SSSR count). The fourth-order valence-corrected chi connectivity index (χ4v) is 2.46. The monoisotopic (exact) mass is 242 g/mol. The minimum absolute atomic E-state index is 0.637. The highest BCUT2D eigenvalue weighted by molar-refractivity contribution is 7.99. The van der Waals surface area contributed by atoms with Crippen LogP contribution in [0.15, 0.2) is 58.3 Å². The van der Waals surface area contributed by atoms with Gasteiger partial charge in [0.2, 0.25) is 0 Å². The van der Waals surface area contributed by atoms with Crippen LogP contribution in [0.1, 0.15) is 20.7 Å². The first-order valence-electron chi connectivity index (χ1n) is 5.11. The lowest BCUT2D eigenvalue weighted by molar-refractivity contribution is 0.111. The van der Waals surface area contributed by atoms with Gasteiger partial charge in [-0.05, 0) is 12.1 Å². The molecule has 0 aliphatic rings. The first kappa shape index (κ1) is 11.6. The summed E-state index contributed by atoms with van der Waals surface area (Å²) in [5.74, 6) is 0. The van der Waals surface area contributed by atoms with Crippen molar-refractivity contribution >= 4 is 24.3 Å². The maximum absolute atomic E-state index is 10.9. The molecule has 2 aromatic rings. The van der Waals surface area contributed by atoms with E-state index in [1.54, 1.807) is 12.1 Å². The van der Waals surface area contributed by atoms with E-state index in [0.717, 1.165) is 22.4 Å². The molecule has 0 saturated heterocycles. The number of hydrogen-bond donors (Lipinski definition) is 0. The van der Waals surface area contributed by atoms with Gasteiger partial charge < -0.3 is 0 Å². The van der Waals surface area contributed by atoms with Gasteiger partial charge in [-0.2, -0.15) is 0 Å². The summed E-state index contributed by atoms with van der Waals surface area (Å²) >= 11 is 1.43. The van der Waals surface area contributed by atoms with Crippen molar-refractivity contribution in [2.45, 2.75) is 9.79 Å². The highest BCUT2D eigenvalue weighted by atomic mass is 32.2. The third-order valence-electron chi connectivity index (χ3n) is 2.31. The van der Waals surface area contributed by atoms with Crippen LogP contribution in [-0.4, -0.2) is 12.6 Å². The zero-order chi connectivity index (χ0) is 12.1. The van der Waals surface area contributed by atoms with Crippen molar-refractivity contribution in [2.24, 2.45) is 0 Å². The second-order valence-corrected chi connectivity index (χ2v) is 4.50. The second kappa shape index (κ2) is 5.46. The Labute approximate surface area is 104 Å². The first-order valence-corrected chi connectivity index (χ1v) is 5.93. The van der Waals surface area contributed by atoms with E-state index >= 15 is 0 Å². The molecule has 0 spiro atoms. The van der Waals surface area contributed by atoms with Gasteiger partial charge in [-0.1, -0.05) is 48.2 Å². The van der Waals surface area contributed by atoms with Crippen LogP contribution in [0.4, 0.5) is 0 Å². The van der Waals surface area contributed by atoms with Gasteiger partial charge in [0, 0.05) is 20.9 Å². The molecule has 0 atom stereocenters. The number of hydrogen-bond acceptors (Lipinski definition) is 3. The summed E-state index contributed by atoms with van der Waals surface area (Å²) < 4.78 is 0. The average molecular weight is 242 g/mol. The molecular weight excluding hydrogens is 232 g/mol. The lowest BCUT2D eigenvalue weighted by Gasteiger charge is -2.06. The van der Waals surface area contributed by atoms with Gasteiger partial charge in [0.05, 0.1) is 0 Å². The Balaban J connectivity index is 2.37. The van der Waals surface area contributed by atoms with Gasteiger partial charge in [0.15, 0.2) is 12.6 Å². The van der Waals surface area contributed by atoms with Crippen LogP contribution >= 0.6 is 11.8 Å². The van der Waals surface area contributed by atoms with E-state index in [9.17, 15) is 9.59 Å². The Hall–Kier alpha value is -1.87.